The quantitative estimate of drug-likeness (QED) is 0.629. The van der Waals surface area contributed by atoms with Gasteiger partial charge in [0, 0.05) is 29.7 Å². The zero-order valence-corrected chi connectivity index (χ0v) is 17.3. The highest BCUT2D eigenvalue weighted by molar-refractivity contribution is 5.86. The Morgan fingerprint density at radius 3 is 2.59 bits per heavy atom. The molecule has 0 atom stereocenters. The van der Waals surface area contributed by atoms with Gasteiger partial charge in [-0.15, -0.1) is 12.4 Å². The molecule has 1 aliphatic rings. The van der Waals surface area contributed by atoms with E-state index in [0.29, 0.717) is 0 Å². The van der Waals surface area contributed by atoms with Crippen LogP contribution >= 0.6 is 12.4 Å². The second kappa shape index (κ2) is 8.37. The fourth-order valence-corrected chi connectivity index (χ4v) is 4.21. The fraction of sp³-hybridized carbons (Fsp3) is 0.391. The first-order valence-electron chi connectivity index (χ1n) is 9.58. The summed E-state index contributed by atoms with van der Waals surface area (Å²) in [6, 6.07) is 15.4. The summed E-state index contributed by atoms with van der Waals surface area (Å²) in [7, 11) is 3.96. The van der Waals surface area contributed by atoms with Crippen LogP contribution in [0.5, 0.6) is 5.75 Å². The van der Waals surface area contributed by atoms with E-state index in [-0.39, 0.29) is 12.4 Å². The lowest BCUT2D eigenvalue weighted by molar-refractivity contribution is 0.333. The molecule has 0 aliphatic carbocycles. The lowest BCUT2D eigenvalue weighted by Crippen LogP contribution is -2.17. The molecule has 0 bridgehead atoms. The third-order valence-corrected chi connectivity index (χ3v) is 5.61. The van der Waals surface area contributed by atoms with Crippen molar-refractivity contribution in [1.29, 1.82) is 0 Å². The number of hydrogen-bond acceptors (Lipinski definition) is 2. The highest BCUT2D eigenvalue weighted by atomic mass is 35.5. The Hall–Kier alpha value is -1.97. The molecule has 0 saturated carbocycles. The van der Waals surface area contributed by atoms with E-state index in [2.05, 4.69) is 65.9 Å². The maximum atomic E-state index is 5.28. The summed E-state index contributed by atoms with van der Waals surface area (Å²) in [5.41, 5.74) is 7.19. The molecule has 3 nitrogen and oxygen atoms in total. The molecule has 2 heterocycles. The highest BCUT2D eigenvalue weighted by Gasteiger charge is 2.20. The van der Waals surface area contributed by atoms with Crippen molar-refractivity contribution < 1.29 is 4.74 Å². The van der Waals surface area contributed by atoms with Crippen molar-refractivity contribution in [2.24, 2.45) is 0 Å². The summed E-state index contributed by atoms with van der Waals surface area (Å²) in [6.45, 7) is 5.47. The molecule has 0 spiro atoms. The predicted octanol–water partition coefficient (Wildman–Crippen LogP) is 5.00. The molecular weight excluding hydrogens is 356 g/mol. The van der Waals surface area contributed by atoms with Gasteiger partial charge in [0.25, 0.3) is 0 Å². The minimum Gasteiger partial charge on any atom is -0.497 e. The van der Waals surface area contributed by atoms with Crippen molar-refractivity contribution in [2.45, 2.75) is 39.3 Å². The Labute approximate surface area is 168 Å². The zero-order valence-electron chi connectivity index (χ0n) is 16.5. The van der Waals surface area contributed by atoms with Crippen LogP contribution in [0, 0.1) is 6.92 Å². The van der Waals surface area contributed by atoms with Crippen LogP contribution in [0.15, 0.2) is 42.5 Å². The van der Waals surface area contributed by atoms with Gasteiger partial charge in [-0.25, -0.2) is 0 Å². The van der Waals surface area contributed by atoms with Crippen LogP contribution in [-0.4, -0.2) is 30.2 Å². The third kappa shape index (κ3) is 3.99. The number of benzene rings is 2. The second-order valence-corrected chi connectivity index (χ2v) is 7.54. The summed E-state index contributed by atoms with van der Waals surface area (Å²) in [6.07, 6.45) is 3.46. The van der Waals surface area contributed by atoms with Gasteiger partial charge in [0.2, 0.25) is 0 Å². The third-order valence-electron chi connectivity index (χ3n) is 5.61. The summed E-state index contributed by atoms with van der Waals surface area (Å²) in [5, 5.41) is 1.45. The first-order valence-corrected chi connectivity index (χ1v) is 9.58. The number of fused-ring (bicyclic) bond motifs is 3. The van der Waals surface area contributed by atoms with Crippen molar-refractivity contribution in [3.05, 3.63) is 64.8 Å². The van der Waals surface area contributed by atoms with Crippen molar-refractivity contribution in [3.8, 4) is 5.75 Å². The molecule has 27 heavy (non-hydrogen) atoms. The van der Waals surface area contributed by atoms with Crippen LogP contribution < -0.4 is 4.74 Å². The normalized spacial score (nSPS) is 14.5. The molecule has 0 unspecified atom stereocenters. The largest absolute Gasteiger partial charge is 0.497 e. The van der Waals surface area contributed by atoms with Crippen molar-refractivity contribution >= 4 is 23.3 Å². The first kappa shape index (κ1) is 19.8. The van der Waals surface area contributed by atoms with Crippen LogP contribution in [-0.2, 0) is 25.9 Å². The molecule has 0 saturated heterocycles. The second-order valence-electron chi connectivity index (χ2n) is 7.54. The average Bonchev–Trinajstić information content (AvgIpc) is 2.79. The van der Waals surface area contributed by atoms with E-state index < -0.39 is 0 Å². The number of hydrogen-bond donors (Lipinski definition) is 0. The number of rotatable bonds is 4. The fourth-order valence-electron chi connectivity index (χ4n) is 4.21. The van der Waals surface area contributed by atoms with Gasteiger partial charge in [-0.05, 0) is 75.2 Å². The Kier molecular flexibility index (Phi) is 6.13. The van der Waals surface area contributed by atoms with E-state index in [1.165, 1.54) is 41.4 Å². The Bertz CT molecular complexity index is 914. The number of methoxy groups -OCH3 is 1. The number of aromatic nitrogens is 1. The summed E-state index contributed by atoms with van der Waals surface area (Å²) < 4.78 is 7.85. The smallest absolute Gasteiger partial charge is 0.118 e. The van der Waals surface area contributed by atoms with Gasteiger partial charge in [0.05, 0.1) is 7.11 Å². The summed E-state index contributed by atoms with van der Waals surface area (Å²) >= 11 is 0. The van der Waals surface area contributed by atoms with Gasteiger partial charge < -0.3 is 14.2 Å². The predicted molar refractivity (Wildman–Crippen MR) is 115 cm³/mol. The van der Waals surface area contributed by atoms with Crippen molar-refractivity contribution in [1.82, 2.24) is 9.47 Å². The topological polar surface area (TPSA) is 17.4 Å². The molecule has 4 heteroatoms. The summed E-state index contributed by atoms with van der Waals surface area (Å²) in [4.78, 5) is 2.46. The van der Waals surface area contributed by atoms with Gasteiger partial charge in [-0.3, -0.25) is 0 Å². The Balaban J connectivity index is 0.00000210. The average molecular weight is 385 g/mol. The first-order chi connectivity index (χ1) is 12.7. The van der Waals surface area contributed by atoms with Gasteiger partial charge in [-0.2, -0.15) is 0 Å². The SMILES string of the molecule is COc1ccc(CCn2c3c(c4cc(C)ccc42)CN(C)CCC3)cc1.Cl. The molecule has 1 aliphatic heterocycles. The molecular formula is C23H29ClN2O. The molecule has 1 aromatic heterocycles. The number of aryl methyl sites for hydroxylation is 3. The van der Waals surface area contributed by atoms with Crippen LogP contribution in [0.25, 0.3) is 10.9 Å². The molecule has 0 N–H and O–H groups in total. The molecule has 0 fully saturated rings. The van der Waals surface area contributed by atoms with E-state index in [4.69, 9.17) is 4.74 Å². The molecule has 4 rings (SSSR count). The van der Waals surface area contributed by atoms with Gasteiger partial charge in [0.1, 0.15) is 5.75 Å². The van der Waals surface area contributed by atoms with Gasteiger partial charge in [-0.1, -0.05) is 23.8 Å². The molecule has 3 aromatic rings. The number of halogens is 1. The van der Waals surface area contributed by atoms with Crippen LogP contribution in [0.1, 0.15) is 28.8 Å². The maximum Gasteiger partial charge on any atom is 0.118 e. The lowest BCUT2D eigenvalue weighted by Gasteiger charge is -2.12. The van der Waals surface area contributed by atoms with Crippen molar-refractivity contribution in [3.63, 3.8) is 0 Å². The minimum atomic E-state index is 0. The van der Waals surface area contributed by atoms with E-state index in [1.807, 2.05) is 0 Å². The summed E-state index contributed by atoms with van der Waals surface area (Å²) in [5.74, 6) is 0.924. The Morgan fingerprint density at radius 2 is 1.85 bits per heavy atom. The van der Waals surface area contributed by atoms with Crippen LogP contribution in [0.2, 0.25) is 0 Å². The Morgan fingerprint density at radius 1 is 1.07 bits per heavy atom. The van der Waals surface area contributed by atoms with Crippen LogP contribution in [0.4, 0.5) is 0 Å². The monoisotopic (exact) mass is 384 g/mol. The van der Waals surface area contributed by atoms with Gasteiger partial charge >= 0.3 is 0 Å². The molecule has 144 valence electrons. The molecule has 2 aromatic carbocycles. The van der Waals surface area contributed by atoms with E-state index in [0.717, 1.165) is 25.3 Å². The van der Waals surface area contributed by atoms with Gasteiger partial charge in [0.15, 0.2) is 0 Å². The van der Waals surface area contributed by atoms with E-state index in [9.17, 15) is 0 Å². The minimum absolute atomic E-state index is 0. The maximum absolute atomic E-state index is 5.28. The lowest BCUT2D eigenvalue weighted by atomic mass is 10.1. The number of ether oxygens (including phenoxy) is 1. The zero-order chi connectivity index (χ0) is 18.1. The molecule has 0 radical (unpaired) electrons. The standard InChI is InChI=1S/C23H28N2O.ClH/c1-17-6-11-23-20(15-17)21-16-24(2)13-4-5-22(21)25(23)14-12-18-7-9-19(26-3)10-8-18;/h6-11,15H,4-5,12-14,16H2,1-3H3;1H. The molecule has 0 amide bonds. The van der Waals surface area contributed by atoms with E-state index in [1.54, 1.807) is 18.4 Å². The van der Waals surface area contributed by atoms with Crippen LogP contribution in [0.3, 0.4) is 0 Å². The number of nitrogens with zero attached hydrogens (tertiary/aromatic N) is 2. The van der Waals surface area contributed by atoms with E-state index >= 15 is 0 Å². The highest BCUT2D eigenvalue weighted by Crippen LogP contribution is 2.31. The van der Waals surface area contributed by atoms with Crippen molar-refractivity contribution in [2.75, 3.05) is 20.7 Å².